The number of carbonyl (C=O) groups excluding carboxylic acids is 1. The molecule has 0 radical (unpaired) electrons. The Bertz CT molecular complexity index is 898. The van der Waals surface area contributed by atoms with Crippen molar-refractivity contribution >= 4 is 33.4 Å². The molecule has 8 heteroatoms. The number of nitrogens with one attached hydrogen (secondary N) is 2. The molecule has 1 atom stereocenters. The Morgan fingerprint density at radius 3 is 2.92 bits per heavy atom. The quantitative estimate of drug-likeness (QED) is 0.737. The lowest BCUT2D eigenvalue weighted by molar-refractivity contribution is -0.121. The van der Waals surface area contributed by atoms with E-state index in [9.17, 15) is 4.79 Å². The van der Waals surface area contributed by atoms with Crippen molar-refractivity contribution in [2.45, 2.75) is 38.6 Å². The van der Waals surface area contributed by atoms with Crippen LogP contribution in [0.4, 0.5) is 5.13 Å². The Morgan fingerprint density at radius 2 is 2.19 bits per heavy atom. The van der Waals surface area contributed by atoms with Gasteiger partial charge < -0.3 is 4.98 Å². The molecule has 1 aliphatic heterocycles. The van der Waals surface area contributed by atoms with Crippen LogP contribution in [-0.2, 0) is 4.79 Å². The number of aromatic nitrogens is 4. The minimum Gasteiger partial charge on any atom is -0.342 e. The van der Waals surface area contributed by atoms with Gasteiger partial charge in [0, 0.05) is 5.92 Å². The summed E-state index contributed by atoms with van der Waals surface area (Å²) in [6, 6.07) is 6.12. The summed E-state index contributed by atoms with van der Waals surface area (Å²) in [6.45, 7) is 5.80. The SMILES string of the molecule is Cc1ccc2nc(C3CCN([C@@H](C)C(=O)Nc4nncs4)CC3)[nH]c2c1. The van der Waals surface area contributed by atoms with Crippen LogP contribution in [0, 0.1) is 6.92 Å². The molecule has 2 N–H and O–H groups in total. The summed E-state index contributed by atoms with van der Waals surface area (Å²) >= 11 is 1.33. The van der Waals surface area contributed by atoms with Crippen molar-refractivity contribution in [3.63, 3.8) is 0 Å². The minimum absolute atomic E-state index is 0.0283. The lowest BCUT2D eigenvalue weighted by Gasteiger charge is -2.34. The first-order valence-electron chi connectivity index (χ1n) is 8.87. The first-order chi connectivity index (χ1) is 12.6. The Hall–Kier alpha value is -2.32. The molecule has 136 valence electrons. The van der Waals surface area contributed by atoms with Crippen LogP contribution in [0.3, 0.4) is 0 Å². The summed E-state index contributed by atoms with van der Waals surface area (Å²) in [6.07, 6.45) is 1.99. The second-order valence-corrected chi connectivity index (χ2v) is 7.70. The predicted molar refractivity (Wildman–Crippen MR) is 102 cm³/mol. The van der Waals surface area contributed by atoms with Crippen molar-refractivity contribution in [3.8, 4) is 0 Å². The average molecular weight is 370 g/mol. The number of aryl methyl sites for hydroxylation is 1. The molecule has 2 aromatic heterocycles. The fourth-order valence-corrected chi connectivity index (χ4v) is 3.95. The third-order valence-electron chi connectivity index (χ3n) is 5.09. The van der Waals surface area contributed by atoms with E-state index < -0.39 is 0 Å². The Morgan fingerprint density at radius 1 is 1.38 bits per heavy atom. The lowest BCUT2D eigenvalue weighted by atomic mass is 9.95. The molecular formula is C18H22N6OS. The molecular weight excluding hydrogens is 348 g/mol. The van der Waals surface area contributed by atoms with Crippen LogP contribution < -0.4 is 5.32 Å². The van der Waals surface area contributed by atoms with E-state index in [1.807, 2.05) is 6.92 Å². The highest BCUT2D eigenvalue weighted by Gasteiger charge is 2.28. The van der Waals surface area contributed by atoms with E-state index in [2.05, 4.69) is 50.5 Å². The van der Waals surface area contributed by atoms with Gasteiger partial charge in [0.05, 0.1) is 17.1 Å². The fraction of sp³-hybridized carbons (Fsp3) is 0.444. The van der Waals surface area contributed by atoms with Crippen LogP contribution >= 0.6 is 11.3 Å². The lowest BCUT2D eigenvalue weighted by Crippen LogP contribution is -2.45. The van der Waals surface area contributed by atoms with Gasteiger partial charge in [0.25, 0.3) is 0 Å². The highest BCUT2D eigenvalue weighted by atomic mass is 32.1. The summed E-state index contributed by atoms with van der Waals surface area (Å²) in [7, 11) is 0. The van der Waals surface area contributed by atoms with Gasteiger partial charge in [-0.3, -0.25) is 15.0 Å². The Kier molecular flexibility index (Phi) is 4.69. The third kappa shape index (κ3) is 3.47. The van der Waals surface area contributed by atoms with Crippen LogP contribution in [0.25, 0.3) is 11.0 Å². The van der Waals surface area contributed by atoms with Crippen molar-refractivity contribution < 1.29 is 4.79 Å². The monoisotopic (exact) mass is 370 g/mol. The Balaban J connectivity index is 1.37. The normalized spacial score (nSPS) is 17.5. The number of carbonyl (C=O) groups is 1. The number of rotatable bonds is 4. The summed E-state index contributed by atoms with van der Waals surface area (Å²) in [5.41, 5.74) is 4.98. The van der Waals surface area contributed by atoms with E-state index in [0.29, 0.717) is 11.0 Å². The Labute approximate surface area is 155 Å². The molecule has 0 saturated carbocycles. The maximum Gasteiger partial charge on any atom is 0.243 e. The van der Waals surface area contributed by atoms with E-state index in [-0.39, 0.29) is 11.9 Å². The number of fused-ring (bicyclic) bond motifs is 1. The molecule has 7 nitrogen and oxygen atoms in total. The van der Waals surface area contributed by atoms with Crippen molar-refractivity contribution in [2.24, 2.45) is 0 Å². The fourth-order valence-electron chi connectivity index (χ4n) is 3.50. The first kappa shape index (κ1) is 17.1. The number of nitrogens with zero attached hydrogens (tertiary/aromatic N) is 4. The number of H-pyrrole nitrogens is 1. The second kappa shape index (κ2) is 7.13. The second-order valence-electron chi connectivity index (χ2n) is 6.86. The maximum atomic E-state index is 12.4. The number of hydrogen-bond acceptors (Lipinski definition) is 6. The molecule has 0 aliphatic carbocycles. The van der Waals surface area contributed by atoms with E-state index in [4.69, 9.17) is 4.98 Å². The van der Waals surface area contributed by atoms with Crippen molar-refractivity contribution in [1.29, 1.82) is 0 Å². The zero-order valence-corrected chi connectivity index (χ0v) is 15.7. The summed E-state index contributed by atoms with van der Waals surface area (Å²) in [5.74, 6) is 1.45. The van der Waals surface area contributed by atoms with Crippen molar-refractivity contribution in [2.75, 3.05) is 18.4 Å². The number of likely N-dealkylation sites (tertiary alicyclic amines) is 1. The highest BCUT2D eigenvalue weighted by molar-refractivity contribution is 7.13. The van der Waals surface area contributed by atoms with Gasteiger partial charge in [-0.25, -0.2) is 4.98 Å². The van der Waals surface area contributed by atoms with Crippen LogP contribution in [0.5, 0.6) is 0 Å². The molecule has 1 aromatic carbocycles. The van der Waals surface area contributed by atoms with Gasteiger partial charge in [0.2, 0.25) is 11.0 Å². The van der Waals surface area contributed by atoms with E-state index in [1.165, 1.54) is 16.9 Å². The van der Waals surface area contributed by atoms with Gasteiger partial charge in [0.15, 0.2) is 0 Å². The summed E-state index contributed by atoms with van der Waals surface area (Å²) < 4.78 is 0. The summed E-state index contributed by atoms with van der Waals surface area (Å²) in [4.78, 5) is 22.8. The largest absolute Gasteiger partial charge is 0.342 e. The number of amides is 1. The van der Waals surface area contributed by atoms with E-state index in [1.54, 1.807) is 5.51 Å². The molecule has 1 aliphatic rings. The van der Waals surface area contributed by atoms with E-state index >= 15 is 0 Å². The standard InChI is InChI=1S/C18H22N6OS/c1-11-3-4-14-15(9-11)21-16(20-14)13-5-7-24(8-6-13)12(2)17(25)22-18-23-19-10-26-18/h3-4,9-10,12-13H,5-8H2,1-2H3,(H,20,21)(H,22,23,25)/t12-/m0/s1. The van der Waals surface area contributed by atoms with Gasteiger partial charge in [0.1, 0.15) is 11.3 Å². The van der Waals surface area contributed by atoms with Crippen molar-refractivity contribution in [3.05, 3.63) is 35.1 Å². The predicted octanol–water partition coefficient (Wildman–Crippen LogP) is 2.93. The molecule has 1 amide bonds. The van der Waals surface area contributed by atoms with Gasteiger partial charge in [-0.05, 0) is 57.5 Å². The van der Waals surface area contributed by atoms with Crippen molar-refractivity contribution in [1.82, 2.24) is 25.1 Å². The number of piperidine rings is 1. The van der Waals surface area contributed by atoms with E-state index in [0.717, 1.165) is 42.8 Å². The van der Waals surface area contributed by atoms with Crippen LogP contribution in [0.2, 0.25) is 0 Å². The molecule has 3 aromatic rings. The van der Waals surface area contributed by atoms with Gasteiger partial charge >= 0.3 is 0 Å². The number of imidazole rings is 1. The van der Waals surface area contributed by atoms with Crippen LogP contribution in [0.1, 0.15) is 37.1 Å². The molecule has 4 rings (SSSR count). The average Bonchev–Trinajstić information content (AvgIpc) is 3.30. The number of anilines is 1. The minimum atomic E-state index is -0.182. The third-order valence-corrected chi connectivity index (χ3v) is 5.70. The molecule has 3 heterocycles. The highest BCUT2D eigenvalue weighted by Crippen LogP contribution is 2.29. The molecule has 0 spiro atoms. The maximum absolute atomic E-state index is 12.4. The molecule has 0 bridgehead atoms. The van der Waals surface area contributed by atoms with Gasteiger partial charge in [-0.1, -0.05) is 17.4 Å². The number of benzene rings is 1. The molecule has 0 unspecified atom stereocenters. The topological polar surface area (TPSA) is 86.8 Å². The molecule has 26 heavy (non-hydrogen) atoms. The van der Waals surface area contributed by atoms with Gasteiger partial charge in [-0.15, -0.1) is 10.2 Å². The first-order valence-corrected chi connectivity index (χ1v) is 9.75. The smallest absolute Gasteiger partial charge is 0.243 e. The zero-order chi connectivity index (χ0) is 18.1. The van der Waals surface area contributed by atoms with Crippen LogP contribution in [-0.4, -0.2) is 50.1 Å². The van der Waals surface area contributed by atoms with Gasteiger partial charge in [-0.2, -0.15) is 0 Å². The number of aromatic amines is 1. The zero-order valence-electron chi connectivity index (χ0n) is 14.9. The number of hydrogen-bond donors (Lipinski definition) is 2. The molecule has 1 saturated heterocycles. The summed E-state index contributed by atoms with van der Waals surface area (Å²) in [5, 5.41) is 11.0. The molecule has 1 fully saturated rings. The van der Waals surface area contributed by atoms with Crippen LogP contribution in [0.15, 0.2) is 23.7 Å².